The summed E-state index contributed by atoms with van der Waals surface area (Å²) in [5, 5.41) is 3.39. The predicted molar refractivity (Wildman–Crippen MR) is 83.6 cm³/mol. The van der Waals surface area contributed by atoms with E-state index in [9.17, 15) is 4.39 Å². The zero-order chi connectivity index (χ0) is 14.7. The summed E-state index contributed by atoms with van der Waals surface area (Å²) < 4.78 is 14.3. The third-order valence-electron chi connectivity index (χ3n) is 4.37. The summed E-state index contributed by atoms with van der Waals surface area (Å²) in [6.45, 7) is 8.40. The molecule has 0 spiro atoms. The minimum Gasteiger partial charge on any atom is -0.372 e. The smallest absolute Gasteiger partial charge is 0.146 e. The number of rotatable bonds is 7. The predicted octanol–water partition coefficient (Wildman–Crippen LogP) is 3.98. The van der Waals surface area contributed by atoms with Gasteiger partial charge in [0, 0.05) is 19.6 Å². The van der Waals surface area contributed by atoms with E-state index in [-0.39, 0.29) is 11.9 Å². The van der Waals surface area contributed by atoms with Crippen LogP contribution in [0.5, 0.6) is 0 Å². The number of hydrogen-bond donors (Lipinski definition) is 1. The van der Waals surface area contributed by atoms with Crippen molar-refractivity contribution < 1.29 is 4.39 Å². The molecule has 1 N–H and O–H groups in total. The first-order chi connectivity index (χ1) is 9.52. The van der Waals surface area contributed by atoms with Gasteiger partial charge >= 0.3 is 0 Å². The van der Waals surface area contributed by atoms with E-state index in [4.69, 9.17) is 0 Å². The Balaban J connectivity index is 2.01. The van der Waals surface area contributed by atoms with Crippen LogP contribution in [-0.2, 0) is 0 Å². The lowest BCUT2D eigenvalue weighted by molar-refractivity contribution is 0.561. The van der Waals surface area contributed by atoms with Gasteiger partial charge in [0.05, 0.1) is 5.69 Å². The molecule has 112 valence electrons. The molecule has 3 heteroatoms. The zero-order valence-corrected chi connectivity index (χ0v) is 13.1. The van der Waals surface area contributed by atoms with Crippen molar-refractivity contribution in [3.8, 4) is 0 Å². The lowest BCUT2D eigenvalue weighted by Crippen LogP contribution is -2.22. The molecule has 3 unspecified atom stereocenters. The van der Waals surface area contributed by atoms with Gasteiger partial charge in [0.1, 0.15) is 5.82 Å². The normalized spacial score (nSPS) is 22.6. The van der Waals surface area contributed by atoms with Gasteiger partial charge in [-0.3, -0.25) is 0 Å². The molecule has 2 rings (SSSR count). The van der Waals surface area contributed by atoms with Crippen molar-refractivity contribution in [1.82, 2.24) is 5.32 Å². The van der Waals surface area contributed by atoms with Gasteiger partial charge in [-0.2, -0.15) is 0 Å². The molecular formula is C17H27FN2. The lowest BCUT2D eigenvalue weighted by Gasteiger charge is -2.21. The Bertz CT molecular complexity index is 447. The van der Waals surface area contributed by atoms with E-state index in [1.54, 1.807) is 6.07 Å². The summed E-state index contributed by atoms with van der Waals surface area (Å²) in [5.41, 5.74) is 1.74. The average molecular weight is 278 g/mol. The van der Waals surface area contributed by atoms with Crippen LogP contribution < -0.4 is 10.2 Å². The highest BCUT2D eigenvalue weighted by atomic mass is 19.1. The molecule has 0 heterocycles. The van der Waals surface area contributed by atoms with Crippen molar-refractivity contribution in [2.75, 3.05) is 25.0 Å². The highest BCUT2D eigenvalue weighted by Gasteiger charge is 2.33. The van der Waals surface area contributed by atoms with Gasteiger partial charge in [-0.25, -0.2) is 4.39 Å². The van der Waals surface area contributed by atoms with E-state index in [1.807, 2.05) is 19.2 Å². The van der Waals surface area contributed by atoms with E-state index in [0.29, 0.717) is 0 Å². The minimum absolute atomic E-state index is 0.108. The van der Waals surface area contributed by atoms with Crippen LogP contribution in [0.4, 0.5) is 10.1 Å². The quantitative estimate of drug-likeness (QED) is 0.811. The molecule has 1 fully saturated rings. The Morgan fingerprint density at radius 3 is 2.70 bits per heavy atom. The highest BCUT2D eigenvalue weighted by molar-refractivity contribution is 5.49. The Kier molecular flexibility index (Phi) is 5.03. The van der Waals surface area contributed by atoms with Crippen LogP contribution in [-0.4, -0.2) is 20.1 Å². The van der Waals surface area contributed by atoms with Crippen LogP contribution in [0.15, 0.2) is 18.2 Å². The van der Waals surface area contributed by atoms with E-state index in [0.717, 1.165) is 42.6 Å². The molecule has 3 atom stereocenters. The van der Waals surface area contributed by atoms with Crippen LogP contribution in [0.25, 0.3) is 0 Å². The van der Waals surface area contributed by atoms with Crippen LogP contribution in [0.2, 0.25) is 0 Å². The van der Waals surface area contributed by atoms with Gasteiger partial charge in [0.25, 0.3) is 0 Å². The van der Waals surface area contributed by atoms with Gasteiger partial charge < -0.3 is 10.2 Å². The Morgan fingerprint density at radius 1 is 1.45 bits per heavy atom. The molecule has 1 aliphatic rings. The fraction of sp³-hybridized carbons (Fsp3) is 0.647. The number of nitrogens with zero attached hydrogens (tertiary/aromatic N) is 1. The zero-order valence-electron chi connectivity index (χ0n) is 13.1. The SMILES string of the molecule is CCCNC(C)c1ccc(N(C)CC2CC2C)c(F)c1. The number of hydrogen-bond acceptors (Lipinski definition) is 2. The summed E-state index contributed by atoms with van der Waals surface area (Å²) in [4.78, 5) is 2.05. The Morgan fingerprint density at radius 2 is 2.15 bits per heavy atom. The maximum atomic E-state index is 14.3. The van der Waals surface area contributed by atoms with Crippen LogP contribution in [0.1, 0.15) is 45.2 Å². The second-order valence-electron chi connectivity index (χ2n) is 6.24. The molecule has 0 bridgehead atoms. The molecular weight excluding hydrogens is 251 g/mol. The number of halogens is 1. The first-order valence-corrected chi connectivity index (χ1v) is 7.76. The van der Waals surface area contributed by atoms with Gasteiger partial charge in [-0.15, -0.1) is 0 Å². The van der Waals surface area contributed by atoms with Crippen molar-refractivity contribution in [3.05, 3.63) is 29.6 Å². The largest absolute Gasteiger partial charge is 0.372 e. The van der Waals surface area contributed by atoms with Crippen molar-refractivity contribution >= 4 is 5.69 Å². The molecule has 1 aromatic rings. The molecule has 1 aromatic carbocycles. The number of benzene rings is 1. The molecule has 2 nitrogen and oxygen atoms in total. The van der Waals surface area contributed by atoms with Gasteiger partial charge in [-0.05, 0) is 55.8 Å². The number of nitrogens with one attached hydrogen (secondary N) is 1. The van der Waals surface area contributed by atoms with Gasteiger partial charge in [0.15, 0.2) is 0 Å². The third-order valence-corrected chi connectivity index (χ3v) is 4.37. The Hall–Kier alpha value is -1.09. The summed E-state index contributed by atoms with van der Waals surface area (Å²) in [5.74, 6) is 1.44. The minimum atomic E-state index is -0.108. The molecule has 1 aliphatic carbocycles. The summed E-state index contributed by atoms with van der Waals surface area (Å²) in [6, 6.07) is 5.84. The first kappa shape index (κ1) is 15.3. The summed E-state index contributed by atoms with van der Waals surface area (Å²) in [7, 11) is 1.99. The molecule has 0 aromatic heterocycles. The van der Waals surface area contributed by atoms with E-state index in [2.05, 4.69) is 31.0 Å². The van der Waals surface area contributed by atoms with E-state index >= 15 is 0 Å². The van der Waals surface area contributed by atoms with E-state index in [1.165, 1.54) is 6.42 Å². The van der Waals surface area contributed by atoms with Crippen LogP contribution in [0.3, 0.4) is 0 Å². The van der Waals surface area contributed by atoms with Crippen LogP contribution in [0, 0.1) is 17.7 Å². The molecule has 0 saturated heterocycles. The average Bonchev–Trinajstić information content (AvgIpc) is 3.10. The molecule has 1 saturated carbocycles. The van der Waals surface area contributed by atoms with Crippen molar-refractivity contribution in [3.63, 3.8) is 0 Å². The second kappa shape index (κ2) is 6.57. The second-order valence-corrected chi connectivity index (χ2v) is 6.24. The monoisotopic (exact) mass is 278 g/mol. The first-order valence-electron chi connectivity index (χ1n) is 7.76. The van der Waals surface area contributed by atoms with Crippen molar-refractivity contribution in [2.45, 2.75) is 39.7 Å². The maximum absolute atomic E-state index is 14.3. The molecule has 20 heavy (non-hydrogen) atoms. The van der Waals surface area contributed by atoms with Crippen molar-refractivity contribution in [2.24, 2.45) is 11.8 Å². The molecule has 0 aliphatic heterocycles. The fourth-order valence-electron chi connectivity index (χ4n) is 2.68. The molecule has 0 radical (unpaired) electrons. The lowest BCUT2D eigenvalue weighted by atomic mass is 10.1. The maximum Gasteiger partial charge on any atom is 0.146 e. The van der Waals surface area contributed by atoms with Gasteiger partial charge in [0.2, 0.25) is 0 Å². The summed E-state index contributed by atoms with van der Waals surface area (Å²) >= 11 is 0. The summed E-state index contributed by atoms with van der Waals surface area (Å²) in [6.07, 6.45) is 2.37. The topological polar surface area (TPSA) is 15.3 Å². The van der Waals surface area contributed by atoms with Crippen LogP contribution >= 0.6 is 0 Å². The third kappa shape index (κ3) is 3.72. The highest BCUT2D eigenvalue weighted by Crippen LogP contribution is 2.39. The fourth-order valence-corrected chi connectivity index (χ4v) is 2.68. The van der Waals surface area contributed by atoms with Gasteiger partial charge in [-0.1, -0.05) is 19.9 Å². The number of anilines is 1. The van der Waals surface area contributed by atoms with E-state index < -0.39 is 0 Å². The Labute approximate surface area is 122 Å². The standard InChI is InChI=1S/C17H27FN2/c1-5-8-19-13(3)14-6-7-17(16(18)10-14)20(4)11-15-9-12(15)2/h6-7,10,12-13,15,19H,5,8-9,11H2,1-4H3. The van der Waals surface area contributed by atoms with Crippen molar-refractivity contribution in [1.29, 1.82) is 0 Å². The molecule has 0 amide bonds.